The zero-order valence-electron chi connectivity index (χ0n) is 15.5. The van der Waals surface area contributed by atoms with Gasteiger partial charge in [0.05, 0.1) is 12.5 Å². The number of carbonyl (C=O) groups is 2. The highest BCUT2D eigenvalue weighted by molar-refractivity contribution is 5.89. The maximum atomic E-state index is 12.7. The van der Waals surface area contributed by atoms with Crippen LogP contribution >= 0.6 is 0 Å². The average Bonchev–Trinajstić information content (AvgIpc) is 2.61. The van der Waals surface area contributed by atoms with Gasteiger partial charge >= 0.3 is 0 Å². The van der Waals surface area contributed by atoms with Crippen LogP contribution < -0.4 is 4.74 Å². The first-order valence-corrected chi connectivity index (χ1v) is 9.13. The van der Waals surface area contributed by atoms with E-state index in [-0.39, 0.29) is 17.2 Å². The Morgan fingerprint density at radius 3 is 2.36 bits per heavy atom. The lowest BCUT2D eigenvalue weighted by Crippen LogP contribution is -2.64. The Kier molecular flexibility index (Phi) is 5.02. The zero-order chi connectivity index (χ0) is 18.0. The molecule has 0 atom stereocenters. The highest BCUT2D eigenvalue weighted by atomic mass is 16.5. The van der Waals surface area contributed by atoms with E-state index in [4.69, 9.17) is 4.74 Å². The quantitative estimate of drug-likeness (QED) is 0.772. The van der Waals surface area contributed by atoms with Gasteiger partial charge in [0.25, 0.3) is 0 Å². The van der Waals surface area contributed by atoms with E-state index in [0.29, 0.717) is 32.0 Å². The Hall–Kier alpha value is -2.04. The Morgan fingerprint density at radius 1 is 1.20 bits per heavy atom. The van der Waals surface area contributed by atoms with Gasteiger partial charge in [-0.1, -0.05) is 26.0 Å². The molecule has 0 bridgehead atoms. The van der Waals surface area contributed by atoms with E-state index in [2.05, 4.69) is 13.8 Å². The SMILES string of the molecule is COc1ccc(CN2CC3(CCN(C(=O)CC(C)C)CC3)C2=O)cc1. The smallest absolute Gasteiger partial charge is 0.231 e. The minimum absolute atomic E-state index is 0.221. The number of rotatable bonds is 5. The Morgan fingerprint density at radius 2 is 1.84 bits per heavy atom. The molecule has 0 saturated carbocycles. The molecular formula is C20H28N2O3. The van der Waals surface area contributed by atoms with Crippen LogP contribution in [0.15, 0.2) is 24.3 Å². The van der Waals surface area contributed by atoms with Crippen molar-refractivity contribution in [2.45, 2.75) is 39.7 Å². The maximum absolute atomic E-state index is 12.7. The minimum atomic E-state index is -0.221. The van der Waals surface area contributed by atoms with Crippen LogP contribution in [0.25, 0.3) is 0 Å². The number of hydrogen-bond acceptors (Lipinski definition) is 3. The van der Waals surface area contributed by atoms with Gasteiger partial charge in [-0.2, -0.15) is 0 Å². The molecule has 1 aromatic carbocycles. The van der Waals surface area contributed by atoms with E-state index >= 15 is 0 Å². The molecule has 0 radical (unpaired) electrons. The standard InChI is InChI=1S/C20H28N2O3/c1-15(2)12-18(23)21-10-8-20(9-11-21)14-22(19(20)24)13-16-4-6-17(25-3)7-5-16/h4-7,15H,8-14H2,1-3H3. The van der Waals surface area contributed by atoms with Gasteiger partial charge in [-0.25, -0.2) is 0 Å². The Bertz CT molecular complexity index is 631. The first kappa shape index (κ1) is 17.8. The second-order valence-electron chi connectivity index (χ2n) is 7.77. The molecule has 0 N–H and O–H groups in total. The number of carbonyl (C=O) groups excluding carboxylic acids is 2. The van der Waals surface area contributed by atoms with Gasteiger partial charge in [-0.15, -0.1) is 0 Å². The zero-order valence-corrected chi connectivity index (χ0v) is 15.5. The Labute approximate surface area is 149 Å². The van der Waals surface area contributed by atoms with Crippen molar-refractivity contribution in [1.82, 2.24) is 9.80 Å². The summed E-state index contributed by atoms with van der Waals surface area (Å²) in [7, 11) is 1.65. The summed E-state index contributed by atoms with van der Waals surface area (Å²) < 4.78 is 5.17. The third-order valence-electron chi connectivity index (χ3n) is 5.42. The molecule has 0 unspecified atom stereocenters. The molecule has 1 spiro atoms. The molecule has 2 amide bonds. The van der Waals surface area contributed by atoms with Crippen LogP contribution in [0.3, 0.4) is 0 Å². The van der Waals surface area contributed by atoms with Crippen molar-refractivity contribution in [3.63, 3.8) is 0 Å². The van der Waals surface area contributed by atoms with E-state index in [1.54, 1.807) is 7.11 Å². The van der Waals surface area contributed by atoms with Gasteiger partial charge < -0.3 is 14.5 Å². The van der Waals surface area contributed by atoms with Crippen LogP contribution in [0.2, 0.25) is 0 Å². The number of nitrogens with zero attached hydrogens (tertiary/aromatic N) is 2. The fourth-order valence-electron chi connectivity index (χ4n) is 3.86. The van der Waals surface area contributed by atoms with Crippen LogP contribution in [0.5, 0.6) is 5.75 Å². The van der Waals surface area contributed by atoms with E-state index in [9.17, 15) is 9.59 Å². The van der Waals surface area contributed by atoms with Crippen LogP contribution in [0.4, 0.5) is 0 Å². The molecule has 0 aliphatic carbocycles. The van der Waals surface area contributed by atoms with Gasteiger partial charge in [0.1, 0.15) is 5.75 Å². The first-order valence-electron chi connectivity index (χ1n) is 9.13. The summed E-state index contributed by atoms with van der Waals surface area (Å²) >= 11 is 0. The summed E-state index contributed by atoms with van der Waals surface area (Å²) in [5.74, 6) is 1.69. The third-order valence-corrected chi connectivity index (χ3v) is 5.42. The molecule has 5 nitrogen and oxygen atoms in total. The topological polar surface area (TPSA) is 49.9 Å². The molecule has 2 saturated heterocycles. The average molecular weight is 344 g/mol. The molecule has 0 aromatic heterocycles. The van der Waals surface area contributed by atoms with Gasteiger partial charge in [-0.05, 0) is 36.5 Å². The van der Waals surface area contributed by atoms with E-state index in [1.807, 2.05) is 34.1 Å². The summed E-state index contributed by atoms with van der Waals surface area (Å²) in [5, 5.41) is 0. The molecule has 3 rings (SSSR count). The lowest BCUT2D eigenvalue weighted by Gasteiger charge is -2.52. The predicted octanol–water partition coefficient (Wildman–Crippen LogP) is 2.69. The van der Waals surface area contributed by atoms with Crippen LogP contribution in [0.1, 0.15) is 38.7 Å². The predicted molar refractivity (Wildman–Crippen MR) is 96.1 cm³/mol. The highest BCUT2D eigenvalue weighted by Crippen LogP contribution is 2.42. The molecule has 25 heavy (non-hydrogen) atoms. The molecular weight excluding hydrogens is 316 g/mol. The minimum Gasteiger partial charge on any atom is -0.497 e. The maximum Gasteiger partial charge on any atom is 0.231 e. The number of β-lactam (4-membered cyclic amide) rings is 1. The number of methoxy groups -OCH3 is 1. The Balaban J connectivity index is 1.51. The highest BCUT2D eigenvalue weighted by Gasteiger charge is 2.53. The second-order valence-corrected chi connectivity index (χ2v) is 7.77. The second kappa shape index (κ2) is 7.06. The molecule has 2 aliphatic heterocycles. The van der Waals surface area contributed by atoms with Crippen molar-refractivity contribution < 1.29 is 14.3 Å². The van der Waals surface area contributed by atoms with Crippen LogP contribution in [-0.4, -0.2) is 48.4 Å². The van der Waals surface area contributed by atoms with Crippen molar-refractivity contribution in [2.24, 2.45) is 11.3 Å². The summed E-state index contributed by atoms with van der Waals surface area (Å²) in [4.78, 5) is 28.8. The number of likely N-dealkylation sites (tertiary alicyclic amines) is 2. The van der Waals surface area contributed by atoms with E-state index < -0.39 is 0 Å². The largest absolute Gasteiger partial charge is 0.497 e. The van der Waals surface area contributed by atoms with Gasteiger partial charge in [0.2, 0.25) is 11.8 Å². The fraction of sp³-hybridized carbons (Fsp3) is 0.600. The molecule has 2 heterocycles. The van der Waals surface area contributed by atoms with Crippen molar-refractivity contribution in [3.8, 4) is 5.75 Å². The van der Waals surface area contributed by atoms with Gasteiger partial charge in [-0.3, -0.25) is 9.59 Å². The molecule has 2 fully saturated rings. The third kappa shape index (κ3) is 3.65. The van der Waals surface area contributed by atoms with Crippen LogP contribution in [-0.2, 0) is 16.1 Å². The summed E-state index contributed by atoms with van der Waals surface area (Å²) in [5.41, 5.74) is 0.898. The molecule has 136 valence electrons. The summed E-state index contributed by atoms with van der Waals surface area (Å²) in [6.45, 7) is 7.03. The van der Waals surface area contributed by atoms with Crippen molar-refractivity contribution in [1.29, 1.82) is 0 Å². The first-order chi connectivity index (χ1) is 11.9. The van der Waals surface area contributed by atoms with E-state index in [0.717, 1.165) is 30.7 Å². The van der Waals surface area contributed by atoms with Crippen LogP contribution in [0, 0.1) is 11.3 Å². The van der Waals surface area contributed by atoms with Crippen molar-refractivity contribution in [3.05, 3.63) is 29.8 Å². The van der Waals surface area contributed by atoms with Crippen molar-refractivity contribution >= 4 is 11.8 Å². The number of benzene rings is 1. The van der Waals surface area contributed by atoms with Gasteiger partial charge in [0.15, 0.2) is 0 Å². The molecule has 2 aliphatic rings. The van der Waals surface area contributed by atoms with Gasteiger partial charge in [0, 0.05) is 32.6 Å². The van der Waals surface area contributed by atoms with E-state index in [1.165, 1.54) is 0 Å². The fourth-order valence-corrected chi connectivity index (χ4v) is 3.86. The molecule has 5 heteroatoms. The number of piperidine rings is 1. The normalized spacial score (nSPS) is 19.3. The number of amides is 2. The lowest BCUT2D eigenvalue weighted by molar-refractivity contribution is -0.168. The number of ether oxygens (including phenoxy) is 1. The molecule has 1 aromatic rings. The summed E-state index contributed by atoms with van der Waals surface area (Å²) in [6, 6.07) is 7.86. The monoisotopic (exact) mass is 344 g/mol. The number of hydrogen-bond donors (Lipinski definition) is 0. The summed E-state index contributed by atoms with van der Waals surface area (Å²) in [6.07, 6.45) is 2.20. The van der Waals surface area contributed by atoms with Crippen molar-refractivity contribution in [2.75, 3.05) is 26.7 Å². The lowest BCUT2D eigenvalue weighted by atomic mass is 9.71.